The minimum atomic E-state index is -0.985. The van der Waals surface area contributed by atoms with Crippen molar-refractivity contribution in [2.45, 2.75) is 64.1 Å². The summed E-state index contributed by atoms with van der Waals surface area (Å²) in [6.45, 7) is 4.82. The maximum absolute atomic E-state index is 13.3. The number of fused-ring (bicyclic) bond motifs is 2. The SMILES string of the molecule is CC(C)[C@@H]1COc2ccccc2C(=O)N[C@H](C(=O)NCCc2ccc(F)cc2)CCC(=O)N2CCC[C@H]2C(=O)N1. The molecular formula is C30H37FN4O5. The Morgan fingerprint density at radius 2 is 1.82 bits per heavy atom. The highest BCUT2D eigenvalue weighted by Gasteiger charge is 2.36. The molecule has 0 radical (unpaired) electrons. The molecule has 0 bridgehead atoms. The molecule has 9 nitrogen and oxygen atoms in total. The number of hydrogen-bond donors (Lipinski definition) is 3. The zero-order valence-electron chi connectivity index (χ0n) is 23.0. The lowest BCUT2D eigenvalue weighted by Crippen LogP contribution is -2.52. The number of rotatable bonds is 5. The van der Waals surface area contributed by atoms with Crippen LogP contribution in [0.1, 0.15) is 55.5 Å². The highest BCUT2D eigenvalue weighted by molar-refractivity contribution is 5.99. The lowest BCUT2D eigenvalue weighted by Gasteiger charge is -2.28. The molecule has 0 spiro atoms. The van der Waals surface area contributed by atoms with Crippen LogP contribution < -0.4 is 20.7 Å². The largest absolute Gasteiger partial charge is 0.491 e. The Morgan fingerprint density at radius 1 is 1.07 bits per heavy atom. The quantitative estimate of drug-likeness (QED) is 0.527. The van der Waals surface area contributed by atoms with Crippen LogP contribution >= 0.6 is 0 Å². The molecule has 40 heavy (non-hydrogen) atoms. The summed E-state index contributed by atoms with van der Waals surface area (Å²) in [5, 5.41) is 8.65. The van der Waals surface area contributed by atoms with Crippen molar-refractivity contribution in [3.8, 4) is 5.75 Å². The average Bonchev–Trinajstić information content (AvgIpc) is 3.44. The molecule has 0 aromatic heterocycles. The number of halogens is 1. The molecule has 4 amide bonds. The fraction of sp³-hybridized carbons (Fsp3) is 0.467. The molecule has 0 saturated carbocycles. The fourth-order valence-corrected chi connectivity index (χ4v) is 5.00. The van der Waals surface area contributed by atoms with Crippen LogP contribution in [0.25, 0.3) is 0 Å². The van der Waals surface area contributed by atoms with Crippen molar-refractivity contribution in [3.63, 3.8) is 0 Å². The van der Waals surface area contributed by atoms with Crippen LogP contribution in [0.3, 0.4) is 0 Å². The highest BCUT2D eigenvalue weighted by Crippen LogP contribution is 2.22. The third-order valence-corrected chi connectivity index (χ3v) is 7.45. The summed E-state index contributed by atoms with van der Waals surface area (Å²) in [6.07, 6.45) is 1.81. The highest BCUT2D eigenvalue weighted by atomic mass is 19.1. The van der Waals surface area contributed by atoms with Gasteiger partial charge in [-0.2, -0.15) is 0 Å². The first-order valence-electron chi connectivity index (χ1n) is 13.9. The van der Waals surface area contributed by atoms with Crippen molar-refractivity contribution in [2.75, 3.05) is 19.7 Å². The van der Waals surface area contributed by atoms with Gasteiger partial charge in [-0.1, -0.05) is 38.1 Å². The first-order valence-corrected chi connectivity index (χ1v) is 13.9. The van der Waals surface area contributed by atoms with Gasteiger partial charge < -0.3 is 25.6 Å². The molecular weight excluding hydrogens is 515 g/mol. The van der Waals surface area contributed by atoms with E-state index in [4.69, 9.17) is 4.74 Å². The first kappa shape index (κ1) is 29.0. The van der Waals surface area contributed by atoms with Crippen molar-refractivity contribution >= 4 is 23.6 Å². The molecule has 2 heterocycles. The van der Waals surface area contributed by atoms with E-state index in [2.05, 4.69) is 16.0 Å². The van der Waals surface area contributed by atoms with Gasteiger partial charge in [0.05, 0.1) is 11.6 Å². The van der Waals surface area contributed by atoms with Gasteiger partial charge in [0, 0.05) is 19.5 Å². The standard InChI is InChI=1S/C30H37FN4O5/c1-19(2)24-18-40-26-8-4-3-6-22(26)28(37)33-23(29(38)32-16-15-20-9-11-21(31)12-10-20)13-14-27(36)35-17-5-7-25(35)30(39)34-24/h3-4,6,8-12,19,23-25H,5,7,13-18H2,1-2H3,(H,32,38)(H,33,37)(H,34,39)/t23-,24-,25-/m0/s1. The number of ether oxygens (including phenoxy) is 1. The Balaban J connectivity index is 1.54. The number of hydrogen-bond acceptors (Lipinski definition) is 5. The van der Waals surface area contributed by atoms with Gasteiger partial charge in [-0.05, 0) is 61.4 Å². The summed E-state index contributed by atoms with van der Waals surface area (Å²) in [5.74, 6) is -1.33. The van der Waals surface area contributed by atoms with Crippen LogP contribution in [0.4, 0.5) is 4.39 Å². The summed E-state index contributed by atoms with van der Waals surface area (Å²) in [7, 11) is 0. The van der Waals surface area contributed by atoms with Crippen LogP contribution in [0.5, 0.6) is 5.75 Å². The Morgan fingerprint density at radius 3 is 2.58 bits per heavy atom. The minimum Gasteiger partial charge on any atom is -0.491 e. The molecule has 1 fully saturated rings. The van der Waals surface area contributed by atoms with Crippen molar-refractivity contribution in [2.24, 2.45) is 5.92 Å². The Kier molecular flexibility index (Phi) is 9.74. The molecule has 214 valence electrons. The lowest BCUT2D eigenvalue weighted by molar-refractivity contribution is -0.139. The fourth-order valence-electron chi connectivity index (χ4n) is 5.00. The number of para-hydroxylation sites is 1. The van der Waals surface area contributed by atoms with Gasteiger partial charge in [0.25, 0.3) is 5.91 Å². The van der Waals surface area contributed by atoms with Crippen molar-refractivity contribution in [3.05, 3.63) is 65.5 Å². The van der Waals surface area contributed by atoms with Gasteiger partial charge in [0.1, 0.15) is 30.3 Å². The van der Waals surface area contributed by atoms with Crippen molar-refractivity contribution in [1.29, 1.82) is 0 Å². The van der Waals surface area contributed by atoms with Gasteiger partial charge in [0.15, 0.2) is 0 Å². The van der Waals surface area contributed by atoms with Crippen LogP contribution in [0.15, 0.2) is 48.5 Å². The summed E-state index contributed by atoms with van der Waals surface area (Å²) < 4.78 is 19.2. The van der Waals surface area contributed by atoms with E-state index in [9.17, 15) is 23.6 Å². The molecule has 3 atom stereocenters. The van der Waals surface area contributed by atoms with E-state index in [1.54, 1.807) is 41.3 Å². The predicted octanol–water partition coefficient (Wildman–Crippen LogP) is 2.59. The van der Waals surface area contributed by atoms with Gasteiger partial charge in [-0.3, -0.25) is 19.2 Å². The van der Waals surface area contributed by atoms with E-state index >= 15 is 0 Å². The van der Waals surface area contributed by atoms with E-state index in [-0.39, 0.29) is 61.1 Å². The zero-order valence-corrected chi connectivity index (χ0v) is 23.0. The molecule has 10 heteroatoms. The molecule has 2 aliphatic rings. The molecule has 0 unspecified atom stereocenters. The average molecular weight is 553 g/mol. The molecule has 1 saturated heterocycles. The smallest absolute Gasteiger partial charge is 0.255 e. The third-order valence-electron chi connectivity index (χ3n) is 7.45. The van der Waals surface area contributed by atoms with Gasteiger partial charge in [0.2, 0.25) is 17.7 Å². The van der Waals surface area contributed by atoms with Gasteiger partial charge in [-0.15, -0.1) is 0 Å². The van der Waals surface area contributed by atoms with Crippen LogP contribution in [0, 0.1) is 11.7 Å². The van der Waals surface area contributed by atoms with E-state index in [1.165, 1.54) is 12.1 Å². The molecule has 0 aliphatic carbocycles. The summed E-state index contributed by atoms with van der Waals surface area (Å²) in [4.78, 5) is 54.5. The van der Waals surface area contributed by atoms with E-state index < -0.39 is 23.9 Å². The second-order valence-corrected chi connectivity index (χ2v) is 10.6. The van der Waals surface area contributed by atoms with Crippen molar-refractivity contribution in [1.82, 2.24) is 20.9 Å². The van der Waals surface area contributed by atoms with Crippen LogP contribution in [0.2, 0.25) is 0 Å². The normalized spacial score (nSPS) is 22.2. The van der Waals surface area contributed by atoms with Gasteiger partial charge >= 0.3 is 0 Å². The number of nitrogens with zero attached hydrogens (tertiary/aromatic N) is 1. The molecule has 4 rings (SSSR count). The first-order chi connectivity index (χ1) is 19.2. The van der Waals surface area contributed by atoms with E-state index in [1.807, 2.05) is 13.8 Å². The molecule has 2 aliphatic heterocycles. The second-order valence-electron chi connectivity index (χ2n) is 10.6. The number of benzene rings is 2. The van der Waals surface area contributed by atoms with Gasteiger partial charge in [-0.25, -0.2) is 4.39 Å². The van der Waals surface area contributed by atoms with E-state index in [0.29, 0.717) is 31.6 Å². The Labute approximate surface area is 233 Å². The summed E-state index contributed by atoms with van der Waals surface area (Å²) in [5.41, 5.74) is 1.11. The monoisotopic (exact) mass is 552 g/mol. The third kappa shape index (κ3) is 7.37. The number of carbonyl (C=O) groups excluding carboxylic acids is 4. The summed E-state index contributed by atoms with van der Waals surface area (Å²) in [6, 6.07) is 10.9. The summed E-state index contributed by atoms with van der Waals surface area (Å²) >= 11 is 0. The van der Waals surface area contributed by atoms with E-state index in [0.717, 1.165) is 5.56 Å². The topological polar surface area (TPSA) is 117 Å². The Bertz CT molecular complexity index is 1220. The van der Waals surface area contributed by atoms with Crippen LogP contribution in [-0.4, -0.2) is 66.4 Å². The maximum Gasteiger partial charge on any atom is 0.255 e. The second kappa shape index (κ2) is 13.4. The Hall–Kier alpha value is -3.95. The zero-order chi connectivity index (χ0) is 28.6. The van der Waals surface area contributed by atoms with Crippen molar-refractivity contribution < 1.29 is 28.3 Å². The lowest BCUT2D eigenvalue weighted by atomic mass is 10.0. The molecule has 2 aromatic rings. The predicted molar refractivity (Wildman–Crippen MR) is 147 cm³/mol. The maximum atomic E-state index is 13.3. The number of nitrogens with one attached hydrogen (secondary N) is 3. The number of amides is 4. The number of carbonyl (C=O) groups is 4. The minimum absolute atomic E-state index is 0.00807. The molecule has 3 N–H and O–H groups in total. The molecule has 2 aromatic carbocycles. The van der Waals surface area contributed by atoms with Crippen LogP contribution in [-0.2, 0) is 20.8 Å².